The number of fused-ring (bicyclic) bond motifs is 1. The lowest BCUT2D eigenvalue weighted by Crippen LogP contribution is -2.60. The number of aliphatic hydroxyl groups is 1. The van der Waals surface area contributed by atoms with Crippen molar-refractivity contribution in [2.45, 2.75) is 164 Å². The number of carboxylic acid groups (broad SMARTS) is 5. The second-order valence-electron chi connectivity index (χ2n) is 24.8. The van der Waals surface area contributed by atoms with Crippen LogP contribution < -0.4 is 74.7 Å². The molecule has 0 aliphatic heterocycles. The fourth-order valence-corrected chi connectivity index (χ4v) is 11.3. The molecule has 4 aromatic rings. The van der Waals surface area contributed by atoms with Crippen molar-refractivity contribution in [3.8, 4) is 0 Å². The number of aliphatic carboxylic acids is 5. The van der Waals surface area contributed by atoms with Crippen LogP contribution in [0.2, 0.25) is 0 Å². The van der Waals surface area contributed by atoms with Gasteiger partial charge in [-0.25, -0.2) is 5.43 Å². The predicted octanol–water partition coefficient (Wildman–Crippen LogP) is -1.56. The molecule has 21 N–H and O–H groups in total. The minimum absolute atomic E-state index is 0.0702. The van der Waals surface area contributed by atoms with Crippen LogP contribution in [0.5, 0.6) is 0 Å². The third-order valence-electron chi connectivity index (χ3n) is 16.5. The predicted molar refractivity (Wildman–Crippen MR) is 387 cm³/mol. The van der Waals surface area contributed by atoms with Crippen LogP contribution in [0.4, 0.5) is 22.7 Å². The van der Waals surface area contributed by atoms with Gasteiger partial charge in [0.25, 0.3) is 10.1 Å². The lowest BCUT2D eigenvalue weighted by atomic mass is 10.0. The van der Waals surface area contributed by atoms with Gasteiger partial charge >= 0.3 is 29.8 Å². The van der Waals surface area contributed by atoms with E-state index in [1.807, 2.05) is 0 Å². The number of nitrogens with two attached hydrogens (primary N) is 2. The summed E-state index contributed by atoms with van der Waals surface area (Å²) in [5.74, 6) is -18.8. The number of unbranched alkanes of at least 4 members (excludes halogenated alkanes) is 1. The van der Waals surface area contributed by atoms with Gasteiger partial charge in [-0.1, -0.05) is 31.2 Å². The molecule has 0 fully saturated rings. The van der Waals surface area contributed by atoms with Crippen LogP contribution in [-0.2, 0) is 82.0 Å². The second kappa shape index (κ2) is 44.3. The average Bonchev–Trinajstić information content (AvgIpc) is 0.770. The third-order valence-corrected chi connectivity index (χ3v) is 17.4. The summed E-state index contributed by atoms with van der Waals surface area (Å²) in [7, 11) is -3.54. The number of azo groups is 1. The van der Waals surface area contributed by atoms with E-state index >= 15 is 4.79 Å². The number of nitrogens with zero attached hydrogens (tertiary/aromatic N) is 4. The molecule has 4 aromatic carbocycles. The molecule has 41 nitrogen and oxygen atoms in total. The zero-order valence-corrected chi connectivity index (χ0v) is 60.9. The molecule has 11 amide bonds. The number of anilines is 2. The number of primary amides is 1. The van der Waals surface area contributed by atoms with E-state index in [-0.39, 0.29) is 41.4 Å². The van der Waals surface area contributed by atoms with E-state index < -0.39 is 242 Å². The van der Waals surface area contributed by atoms with Crippen molar-refractivity contribution in [1.82, 2.24) is 53.4 Å². The summed E-state index contributed by atoms with van der Waals surface area (Å²) in [6.07, 6.45) is -6.30. The number of hydrazine groups is 1. The molecule has 0 saturated carbocycles. The fraction of sp³-hybridized carbons (Fsp3) is 0.441. The fourth-order valence-electron chi connectivity index (χ4n) is 10.6. The molecule has 0 saturated heterocycles. The smallest absolute Gasteiger partial charge is 0.305 e. The minimum atomic E-state index is -4.99. The van der Waals surface area contributed by atoms with E-state index in [4.69, 9.17) is 11.5 Å². The van der Waals surface area contributed by atoms with Gasteiger partial charge in [0.05, 0.1) is 30.1 Å². The zero-order chi connectivity index (χ0) is 82.1. The van der Waals surface area contributed by atoms with Crippen molar-refractivity contribution in [3.63, 3.8) is 0 Å². The number of carboxylic acids is 5. The number of nitrogens with one attached hydrogen (secondary N) is 10. The number of hydrogen-bond acceptors (Lipinski definition) is 24. The number of likely N-dealkylation sites (N-methyl/N-ethyl adjacent to an activating group) is 1. The highest BCUT2D eigenvalue weighted by Gasteiger charge is 2.37. The maximum absolute atomic E-state index is 15.1. The van der Waals surface area contributed by atoms with Gasteiger partial charge in [0, 0.05) is 74.8 Å². The Balaban J connectivity index is 1.55. The number of carbonyl (C=O) groups is 16. The minimum Gasteiger partial charge on any atom is -0.481 e. The summed E-state index contributed by atoms with van der Waals surface area (Å²) in [5.41, 5.74) is 17.5. The first-order valence-electron chi connectivity index (χ1n) is 34.2. The lowest BCUT2D eigenvalue weighted by Gasteiger charge is -2.31. The summed E-state index contributed by atoms with van der Waals surface area (Å²) in [6.45, 7) is 1.63. The quantitative estimate of drug-likeness (QED) is 0.0103. The molecule has 0 bridgehead atoms. The van der Waals surface area contributed by atoms with Crippen molar-refractivity contribution in [2.24, 2.45) is 21.7 Å². The second-order valence-corrected chi connectivity index (χ2v) is 26.2. The van der Waals surface area contributed by atoms with Crippen LogP contribution in [0.1, 0.15) is 115 Å². The lowest BCUT2D eigenvalue weighted by molar-refractivity contribution is -0.141. The Kier molecular flexibility index (Phi) is 36.4. The SMILES string of the molecule is CC[C@H](NC(=O)[C@H](CCC(=O)O)NC(=O)[C@H](CCC(=O)O)NNCCN(C(=O)[C@H](CCC(=O)O)NC(=O)[C@H](CCC(=O)O)NC(=O)[C@H](CC(=O)O)NC(C)=O)c1cccc2c(S(=O)(=O)O)cccc12)C(=O)N[C@@H](C)C(=O)N[C@@H](CO)C(=O)N[C@@H](CCCCN)C(=O)N(C)c1ccc(N=Nc2ccc(C(N)=O)cc2)cc1. The highest BCUT2D eigenvalue weighted by molar-refractivity contribution is 7.86. The van der Waals surface area contributed by atoms with Gasteiger partial charge < -0.3 is 94.4 Å². The van der Waals surface area contributed by atoms with Crippen molar-refractivity contribution in [1.29, 1.82) is 0 Å². The van der Waals surface area contributed by atoms with Crippen LogP contribution >= 0.6 is 0 Å². The maximum Gasteiger partial charge on any atom is 0.305 e. The van der Waals surface area contributed by atoms with Gasteiger partial charge in [-0.05, 0) is 125 Å². The van der Waals surface area contributed by atoms with E-state index in [0.717, 1.165) is 17.9 Å². The standard InChI is InChI=1S/C68H90N16O25S/c1-5-44(61(99)72-36(2)60(98)79-51(35-85)66(104)77-48(12-6-7-31-69)67(105)83(4)41-21-19-40(20-22-41)81-80-39-17-15-38(16-18-39)59(70)97)74-62(100)45(23-27-54(87)88)75-64(102)47(25-29-56(91)92)82-71-32-33-84(52-13-8-11-43-42(52)10-9-14-53(43)110(107,108)109)68(106)49(26-30-57(93)94)78-63(101)46(24-28-55(89)90)76-65(103)50(34-58(95)96)73-37(3)86/h8-11,13-22,36,44-51,71,82,85H,5-7,12,23-35,69H2,1-4H3,(H2,70,97)(H,72,99)(H,73,86)(H,74,100)(H,75,102)(H,76,103)(H,77,104)(H,78,101)(H,79,98)(H,87,88)(H,89,90)(H,91,92)(H,93,94)(H,95,96)(H,107,108,109)/t36-,44-,45-,46-,47-,48-,49-,50-,51-/m0/s1. The summed E-state index contributed by atoms with van der Waals surface area (Å²) >= 11 is 0. The molecule has 0 radical (unpaired) electrons. The molecule has 0 spiro atoms. The molecule has 0 aliphatic carbocycles. The first kappa shape index (κ1) is 90.4. The average molecular weight is 1560 g/mol. The molecule has 0 heterocycles. The molecule has 110 heavy (non-hydrogen) atoms. The number of benzene rings is 4. The number of amides is 11. The number of carbonyl (C=O) groups excluding carboxylic acids is 11. The number of hydrogen-bond donors (Lipinski definition) is 19. The monoisotopic (exact) mass is 1560 g/mol. The summed E-state index contributed by atoms with van der Waals surface area (Å²) in [5, 5.41) is 85.0. The first-order chi connectivity index (χ1) is 51.9. The van der Waals surface area contributed by atoms with Crippen molar-refractivity contribution in [3.05, 3.63) is 90.5 Å². The van der Waals surface area contributed by atoms with E-state index in [9.17, 15) is 116 Å². The normalized spacial score (nSPS) is 13.7. The molecule has 42 heteroatoms. The molecule has 0 unspecified atom stereocenters. The molecule has 9 atom stereocenters. The molecule has 598 valence electrons. The first-order valence-corrected chi connectivity index (χ1v) is 35.6. The van der Waals surface area contributed by atoms with Gasteiger partial charge in [-0.2, -0.15) is 18.6 Å². The van der Waals surface area contributed by atoms with E-state index in [1.54, 1.807) is 36.4 Å². The van der Waals surface area contributed by atoms with Gasteiger partial charge in [0.1, 0.15) is 59.3 Å². The van der Waals surface area contributed by atoms with Crippen LogP contribution in [0.15, 0.2) is 100 Å². The highest BCUT2D eigenvalue weighted by atomic mass is 32.2. The van der Waals surface area contributed by atoms with Gasteiger partial charge in [0.15, 0.2) is 0 Å². The van der Waals surface area contributed by atoms with Crippen molar-refractivity contribution in [2.75, 3.05) is 43.1 Å². The van der Waals surface area contributed by atoms with E-state index in [1.165, 1.54) is 68.3 Å². The summed E-state index contributed by atoms with van der Waals surface area (Å²) < 4.78 is 35.4. The highest BCUT2D eigenvalue weighted by Crippen LogP contribution is 2.32. The van der Waals surface area contributed by atoms with Gasteiger partial charge in [-0.3, -0.25) is 86.7 Å². The number of aliphatic hydroxyl groups excluding tert-OH is 1. The Bertz CT molecular complexity index is 4130. The zero-order valence-electron chi connectivity index (χ0n) is 60.1. The Hall–Kier alpha value is -12.0. The summed E-state index contributed by atoms with van der Waals surface area (Å²) in [4.78, 5) is 210. The Morgan fingerprint density at radius 1 is 0.500 bits per heavy atom. The van der Waals surface area contributed by atoms with E-state index in [0.29, 0.717) is 29.9 Å². The molecule has 4 rings (SSSR count). The van der Waals surface area contributed by atoms with Crippen LogP contribution in [0.25, 0.3) is 10.8 Å². The number of rotatable bonds is 48. The summed E-state index contributed by atoms with van der Waals surface area (Å²) in [6, 6.07) is 4.46. The Morgan fingerprint density at radius 2 is 0.945 bits per heavy atom. The van der Waals surface area contributed by atoms with Crippen LogP contribution in [0.3, 0.4) is 0 Å². The largest absolute Gasteiger partial charge is 0.481 e. The van der Waals surface area contributed by atoms with Crippen molar-refractivity contribution >= 4 is 138 Å². The molecule has 0 aliphatic rings. The topological polar surface area (TPSA) is 652 Å². The molecule has 0 aromatic heterocycles. The van der Waals surface area contributed by atoms with Crippen molar-refractivity contribution < 1.29 is 120 Å². The Labute approximate surface area is 628 Å². The van der Waals surface area contributed by atoms with Crippen LogP contribution in [0, 0.1) is 0 Å². The molecular weight excluding hydrogens is 1470 g/mol. The van der Waals surface area contributed by atoms with Gasteiger partial charge in [-0.15, -0.1) is 0 Å². The maximum atomic E-state index is 15.1. The third kappa shape index (κ3) is 29.6. The van der Waals surface area contributed by atoms with E-state index in [2.05, 4.69) is 63.6 Å². The Morgan fingerprint density at radius 3 is 1.44 bits per heavy atom. The van der Waals surface area contributed by atoms with Crippen LogP contribution in [-0.4, -0.2) is 226 Å². The molecular formula is C68H90N16O25S. The van der Waals surface area contributed by atoms with Gasteiger partial charge in [0.2, 0.25) is 65.0 Å².